The maximum atomic E-state index is 12.7. The molecule has 3 unspecified atom stereocenters. The summed E-state index contributed by atoms with van der Waals surface area (Å²) in [5.74, 6) is 0.772. The van der Waals surface area contributed by atoms with Crippen molar-refractivity contribution in [1.29, 1.82) is 0 Å². The number of sulfonamides is 1. The van der Waals surface area contributed by atoms with E-state index in [4.69, 9.17) is 4.74 Å². The second-order valence-corrected chi connectivity index (χ2v) is 10.6. The Hall–Kier alpha value is -0.390. The van der Waals surface area contributed by atoms with Crippen LogP contribution in [-0.4, -0.2) is 62.8 Å². The van der Waals surface area contributed by atoms with E-state index in [0.29, 0.717) is 32.3 Å². The van der Waals surface area contributed by atoms with Crippen LogP contribution in [-0.2, 0) is 19.6 Å². The molecular weight excluding hydrogens is 388 g/mol. The first-order chi connectivity index (χ1) is 13.0. The summed E-state index contributed by atoms with van der Waals surface area (Å²) in [4.78, 5) is 12.7. The first kappa shape index (κ1) is 21.3. The molecule has 1 amide bonds. The first-order valence-electron chi connectivity index (χ1n) is 10.0. The summed E-state index contributed by atoms with van der Waals surface area (Å²) in [5, 5.41) is 9.16. The summed E-state index contributed by atoms with van der Waals surface area (Å²) in [5.41, 5.74) is -0.207. The van der Waals surface area contributed by atoms with Gasteiger partial charge in [-0.25, -0.2) is 8.42 Å². The molecule has 10 heteroatoms. The molecule has 3 rings (SSSR count). The molecule has 0 bridgehead atoms. The quantitative estimate of drug-likeness (QED) is 0.470. The largest absolute Gasteiger partial charge is 0.363 e. The summed E-state index contributed by atoms with van der Waals surface area (Å²) in [6.07, 6.45) is 4.12. The number of ether oxygens (including phenoxy) is 1. The lowest BCUT2D eigenvalue weighted by Gasteiger charge is -2.34. The highest BCUT2D eigenvalue weighted by molar-refractivity contribution is 8.01. The summed E-state index contributed by atoms with van der Waals surface area (Å²) >= 11 is 1.59. The minimum absolute atomic E-state index is 0.0247. The lowest BCUT2D eigenvalue weighted by Crippen LogP contribution is -2.52. The minimum Gasteiger partial charge on any atom is -0.363 e. The smallest absolute Gasteiger partial charge is 0.227 e. The third-order valence-electron chi connectivity index (χ3n) is 5.53. The molecule has 0 aromatic carbocycles. The summed E-state index contributed by atoms with van der Waals surface area (Å²) in [7, 11) is -3.33. The molecule has 1 aliphatic carbocycles. The molecule has 0 spiro atoms. The average Bonchev–Trinajstić information content (AvgIpc) is 3.15. The lowest BCUT2D eigenvalue weighted by molar-refractivity contribution is -0.134. The van der Waals surface area contributed by atoms with Crippen LogP contribution in [0, 0.1) is 5.92 Å². The Bertz CT molecular complexity index is 588. The van der Waals surface area contributed by atoms with Crippen LogP contribution in [0.4, 0.5) is 0 Å². The molecule has 156 valence electrons. The highest BCUT2D eigenvalue weighted by atomic mass is 32.2. The molecule has 1 saturated carbocycles. The van der Waals surface area contributed by atoms with E-state index in [1.807, 2.05) is 6.92 Å². The summed E-state index contributed by atoms with van der Waals surface area (Å²) in [6, 6.07) is 0.0483. The zero-order chi connectivity index (χ0) is 19.3. The number of carbonyl (C=O) groups excluding carboxylic acids is 1. The highest BCUT2D eigenvalue weighted by Gasteiger charge is 2.36. The van der Waals surface area contributed by atoms with Gasteiger partial charge in [-0.3, -0.25) is 15.4 Å². The number of thioether (sulfide) groups is 1. The molecule has 2 heterocycles. The van der Waals surface area contributed by atoms with Gasteiger partial charge in [0, 0.05) is 24.9 Å². The average molecular weight is 421 g/mol. The number of amides is 1. The van der Waals surface area contributed by atoms with Crippen LogP contribution in [0.3, 0.4) is 0 Å². The van der Waals surface area contributed by atoms with E-state index >= 15 is 0 Å². The fraction of sp³-hybridized carbons (Fsp3) is 0.941. The Labute approximate surface area is 166 Å². The SMILES string of the molecule is CCOC1NCCCC1C(=O)NC1CCC(S(=O)(=O)NC2NCCS2)CC1. The van der Waals surface area contributed by atoms with Gasteiger partial charge in [-0.05, 0) is 52.0 Å². The molecule has 8 nitrogen and oxygen atoms in total. The molecule has 2 saturated heterocycles. The van der Waals surface area contributed by atoms with Gasteiger partial charge in [-0.1, -0.05) is 0 Å². The van der Waals surface area contributed by atoms with Crippen molar-refractivity contribution in [2.45, 2.75) is 68.5 Å². The van der Waals surface area contributed by atoms with Gasteiger partial charge in [0.05, 0.1) is 11.2 Å². The van der Waals surface area contributed by atoms with Crippen molar-refractivity contribution in [3.8, 4) is 0 Å². The van der Waals surface area contributed by atoms with Crippen molar-refractivity contribution < 1.29 is 17.9 Å². The van der Waals surface area contributed by atoms with Crippen molar-refractivity contribution in [2.24, 2.45) is 5.92 Å². The zero-order valence-corrected chi connectivity index (χ0v) is 17.5. The van der Waals surface area contributed by atoms with Crippen molar-refractivity contribution >= 4 is 27.7 Å². The van der Waals surface area contributed by atoms with Gasteiger partial charge in [0.15, 0.2) is 0 Å². The van der Waals surface area contributed by atoms with E-state index in [2.05, 4.69) is 20.7 Å². The van der Waals surface area contributed by atoms with E-state index < -0.39 is 10.0 Å². The molecule has 3 fully saturated rings. The number of piperidine rings is 1. The first-order valence-corrected chi connectivity index (χ1v) is 12.6. The normalized spacial score (nSPS) is 35.1. The highest BCUT2D eigenvalue weighted by Crippen LogP contribution is 2.26. The standard InChI is InChI=1S/C17H32N4O4S2/c1-2-25-16-14(4-3-9-18-16)15(22)20-12-5-7-13(8-6-12)27(23,24)21-17-19-10-11-26-17/h12-14,16-19,21H,2-11H2,1H3,(H,20,22). The minimum atomic E-state index is -3.33. The van der Waals surface area contributed by atoms with Crippen molar-refractivity contribution in [3.63, 3.8) is 0 Å². The zero-order valence-electron chi connectivity index (χ0n) is 15.9. The van der Waals surface area contributed by atoms with Crippen molar-refractivity contribution in [1.82, 2.24) is 20.7 Å². The Balaban J connectivity index is 1.46. The van der Waals surface area contributed by atoms with Crippen LogP contribution in [0.25, 0.3) is 0 Å². The molecule has 0 aromatic rings. The molecule has 27 heavy (non-hydrogen) atoms. The van der Waals surface area contributed by atoms with Gasteiger partial charge >= 0.3 is 0 Å². The van der Waals surface area contributed by atoms with Crippen LogP contribution in [0.1, 0.15) is 45.4 Å². The number of hydrogen-bond acceptors (Lipinski definition) is 7. The van der Waals surface area contributed by atoms with E-state index in [1.54, 1.807) is 11.8 Å². The summed E-state index contributed by atoms with van der Waals surface area (Å²) < 4.78 is 33.5. The molecule has 0 radical (unpaired) electrons. The van der Waals surface area contributed by atoms with Gasteiger partial charge in [0.25, 0.3) is 0 Å². The van der Waals surface area contributed by atoms with Gasteiger partial charge in [0.1, 0.15) is 11.7 Å². The maximum Gasteiger partial charge on any atom is 0.227 e. The molecule has 3 atom stereocenters. The van der Waals surface area contributed by atoms with Gasteiger partial charge in [0.2, 0.25) is 15.9 Å². The Morgan fingerprint density at radius 3 is 2.59 bits per heavy atom. The van der Waals surface area contributed by atoms with Gasteiger partial charge in [-0.15, -0.1) is 11.8 Å². The van der Waals surface area contributed by atoms with Crippen molar-refractivity contribution in [3.05, 3.63) is 0 Å². The van der Waals surface area contributed by atoms with Crippen LogP contribution in [0.2, 0.25) is 0 Å². The Morgan fingerprint density at radius 2 is 1.93 bits per heavy atom. The lowest BCUT2D eigenvalue weighted by atomic mass is 9.92. The summed E-state index contributed by atoms with van der Waals surface area (Å²) in [6.45, 7) is 4.21. The fourth-order valence-corrected chi connectivity index (χ4v) is 6.90. The predicted molar refractivity (Wildman–Crippen MR) is 107 cm³/mol. The monoisotopic (exact) mass is 420 g/mol. The third kappa shape index (κ3) is 5.80. The van der Waals surface area contributed by atoms with E-state index in [1.165, 1.54) is 0 Å². The van der Waals surface area contributed by atoms with Crippen LogP contribution < -0.4 is 20.7 Å². The molecule has 3 aliphatic rings. The fourth-order valence-electron chi connectivity index (χ4n) is 4.06. The van der Waals surface area contributed by atoms with Gasteiger partial charge < -0.3 is 10.1 Å². The van der Waals surface area contributed by atoms with Gasteiger partial charge in [-0.2, -0.15) is 4.72 Å². The van der Waals surface area contributed by atoms with E-state index in [-0.39, 0.29) is 34.8 Å². The number of rotatable bonds is 7. The number of carbonyl (C=O) groups is 1. The molecule has 2 aliphatic heterocycles. The topological polar surface area (TPSA) is 109 Å². The molecule has 4 N–H and O–H groups in total. The van der Waals surface area contributed by atoms with Crippen LogP contribution in [0.5, 0.6) is 0 Å². The Kier molecular flexibility index (Phi) is 7.81. The number of nitrogens with one attached hydrogen (secondary N) is 4. The molecule has 0 aromatic heterocycles. The van der Waals surface area contributed by atoms with Crippen LogP contribution >= 0.6 is 11.8 Å². The predicted octanol–water partition coefficient (Wildman–Crippen LogP) is 0.315. The van der Waals surface area contributed by atoms with E-state index in [0.717, 1.165) is 31.7 Å². The maximum absolute atomic E-state index is 12.7. The number of hydrogen-bond donors (Lipinski definition) is 4. The second kappa shape index (κ2) is 9.89. The third-order valence-corrected chi connectivity index (χ3v) is 8.65. The second-order valence-electron chi connectivity index (χ2n) is 7.43. The van der Waals surface area contributed by atoms with E-state index in [9.17, 15) is 13.2 Å². The van der Waals surface area contributed by atoms with Crippen LogP contribution in [0.15, 0.2) is 0 Å². The van der Waals surface area contributed by atoms with Crippen molar-refractivity contribution in [2.75, 3.05) is 25.4 Å². The Morgan fingerprint density at radius 1 is 1.15 bits per heavy atom. The molecular formula is C17H32N4O4S2.